The van der Waals surface area contributed by atoms with Gasteiger partial charge in [-0.1, -0.05) is 16.8 Å². The number of thiazole rings is 1. The number of aryl methyl sites for hydroxylation is 1. The third-order valence-electron chi connectivity index (χ3n) is 5.31. The second-order valence-corrected chi connectivity index (χ2v) is 9.47. The van der Waals surface area contributed by atoms with Crippen LogP contribution in [0.15, 0.2) is 36.8 Å². The molecule has 0 spiro atoms. The van der Waals surface area contributed by atoms with Gasteiger partial charge in [0, 0.05) is 24.4 Å². The smallest absolute Gasteiger partial charge is 0.427 e. The maximum atomic E-state index is 13.5. The van der Waals surface area contributed by atoms with Crippen molar-refractivity contribution >= 4 is 34.7 Å². The van der Waals surface area contributed by atoms with Crippen LogP contribution in [0.25, 0.3) is 11.4 Å². The fourth-order valence-corrected chi connectivity index (χ4v) is 4.44. The van der Waals surface area contributed by atoms with E-state index in [4.69, 9.17) is 16.3 Å². The van der Waals surface area contributed by atoms with E-state index in [1.807, 2.05) is 0 Å². The third kappa shape index (κ3) is 6.19. The van der Waals surface area contributed by atoms with Crippen molar-refractivity contribution in [1.82, 2.24) is 29.9 Å². The van der Waals surface area contributed by atoms with E-state index >= 15 is 0 Å². The number of hydrogen-bond acceptors (Lipinski definition) is 9. The van der Waals surface area contributed by atoms with Crippen LogP contribution in [0.1, 0.15) is 44.5 Å². The molecule has 0 bridgehead atoms. The summed E-state index contributed by atoms with van der Waals surface area (Å²) < 4.78 is 58.6. The van der Waals surface area contributed by atoms with Crippen LogP contribution in [0.2, 0.25) is 5.15 Å². The van der Waals surface area contributed by atoms with Crippen molar-refractivity contribution in [3.63, 3.8) is 0 Å². The fraction of sp³-hybridized carbons (Fsp3) is 0.261. The summed E-state index contributed by atoms with van der Waals surface area (Å²) in [5, 5.41) is 7.99. The molecule has 0 amide bonds. The van der Waals surface area contributed by atoms with Gasteiger partial charge in [-0.3, -0.25) is 19.3 Å². The second kappa shape index (κ2) is 10.9. The van der Waals surface area contributed by atoms with Crippen LogP contribution in [0.4, 0.5) is 17.6 Å². The second-order valence-electron chi connectivity index (χ2n) is 8.00. The van der Waals surface area contributed by atoms with Crippen molar-refractivity contribution in [2.45, 2.75) is 32.0 Å². The minimum atomic E-state index is -4.52. The molecule has 0 aromatic carbocycles. The van der Waals surface area contributed by atoms with Crippen molar-refractivity contribution in [3.8, 4) is 11.4 Å². The quantitative estimate of drug-likeness (QED) is 0.129. The number of pyridine rings is 2. The molecule has 0 radical (unpaired) electrons. The number of ketones is 1. The van der Waals surface area contributed by atoms with Crippen LogP contribution < -0.4 is 0 Å². The van der Waals surface area contributed by atoms with Crippen LogP contribution >= 0.6 is 22.9 Å². The number of aromatic nitrogens is 6. The Morgan fingerprint density at radius 1 is 1.13 bits per heavy atom. The van der Waals surface area contributed by atoms with E-state index < -0.39 is 34.7 Å². The summed E-state index contributed by atoms with van der Waals surface area (Å²) in [5.74, 6) is -1.76. The van der Waals surface area contributed by atoms with Gasteiger partial charge in [-0.05, 0) is 25.1 Å². The van der Waals surface area contributed by atoms with Gasteiger partial charge in [-0.2, -0.15) is 13.2 Å². The lowest BCUT2D eigenvalue weighted by molar-refractivity contribution is -0.147. The lowest BCUT2D eigenvalue weighted by Gasteiger charge is -2.15. The molecule has 0 N–H and O–H groups in total. The standard InChI is InChI=1S/C23H17ClF4N6O3S/c1-11(14-5-13(25)9-31-22(14)24)37-20(36)6-16-21(32-33-34(16)2)15-4-3-12(8-29-15)17(35)7-19-30-10-18(38-19)23(26,27)28/h3-5,8-11H,6-7H2,1-2H3/t11-/m1/s1. The molecule has 0 saturated carbocycles. The molecule has 1 atom stereocenters. The SMILES string of the molecule is C[C@@H](OC(=O)Cc1c(-c2ccc(C(=O)Cc3ncc(C(F)(F)F)s3)cn2)nnn1C)c1cc(F)cnc1Cl. The van der Waals surface area contributed by atoms with Gasteiger partial charge in [-0.25, -0.2) is 14.4 Å². The molecule has 0 aliphatic carbocycles. The van der Waals surface area contributed by atoms with E-state index in [0.717, 1.165) is 12.3 Å². The molecule has 0 fully saturated rings. The molecule has 0 aliphatic heterocycles. The predicted octanol–water partition coefficient (Wildman–Crippen LogP) is 4.81. The number of carbonyl (C=O) groups excluding carboxylic acids is 2. The number of ether oxygens (including phenoxy) is 1. The highest BCUT2D eigenvalue weighted by molar-refractivity contribution is 7.11. The van der Waals surface area contributed by atoms with Crippen molar-refractivity contribution in [2.24, 2.45) is 7.05 Å². The van der Waals surface area contributed by atoms with E-state index in [1.165, 1.54) is 29.9 Å². The summed E-state index contributed by atoms with van der Waals surface area (Å²) in [6, 6.07) is 4.05. The average molecular weight is 569 g/mol. The normalized spacial score (nSPS) is 12.4. The summed E-state index contributed by atoms with van der Waals surface area (Å²) in [7, 11) is 1.57. The topological polar surface area (TPSA) is 113 Å². The molecule has 15 heteroatoms. The first kappa shape index (κ1) is 27.3. The summed E-state index contributed by atoms with van der Waals surface area (Å²) in [4.78, 5) is 35.8. The Bertz CT molecular complexity index is 1490. The molecular formula is C23H17ClF4N6O3S. The van der Waals surface area contributed by atoms with Crippen molar-refractivity contribution < 1.29 is 31.9 Å². The number of hydrogen-bond donors (Lipinski definition) is 0. The van der Waals surface area contributed by atoms with E-state index in [2.05, 4.69) is 25.3 Å². The molecular weight excluding hydrogens is 552 g/mol. The molecule has 0 unspecified atom stereocenters. The zero-order valence-corrected chi connectivity index (χ0v) is 21.2. The monoisotopic (exact) mass is 568 g/mol. The van der Waals surface area contributed by atoms with Gasteiger partial charge in [-0.15, -0.1) is 16.4 Å². The zero-order chi connectivity index (χ0) is 27.6. The highest BCUT2D eigenvalue weighted by Gasteiger charge is 2.33. The van der Waals surface area contributed by atoms with Crippen LogP contribution in [-0.4, -0.2) is 41.7 Å². The highest BCUT2D eigenvalue weighted by Crippen LogP contribution is 2.33. The number of nitrogens with zero attached hydrogens (tertiary/aromatic N) is 6. The first-order chi connectivity index (χ1) is 17.9. The van der Waals surface area contributed by atoms with Gasteiger partial charge in [0.2, 0.25) is 0 Å². The highest BCUT2D eigenvalue weighted by atomic mass is 35.5. The Morgan fingerprint density at radius 3 is 2.55 bits per heavy atom. The van der Waals surface area contributed by atoms with Gasteiger partial charge in [0.15, 0.2) is 5.78 Å². The van der Waals surface area contributed by atoms with Gasteiger partial charge in [0.1, 0.15) is 32.7 Å². The lowest BCUT2D eigenvalue weighted by Crippen LogP contribution is -2.15. The molecule has 4 heterocycles. The van der Waals surface area contributed by atoms with E-state index in [9.17, 15) is 27.2 Å². The zero-order valence-electron chi connectivity index (χ0n) is 19.7. The van der Waals surface area contributed by atoms with E-state index in [-0.39, 0.29) is 39.8 Å². The maximum Gasteiger partial charge on any atom is 0.427 e. The molecule has 198 valence electrons. The van der Waals surface area contributed by atoms with Gasteiger partial charge >= 0.3 is 12.1 Å². The number of carbonyl (C=O) groups is 2. The van der Waals surface area contributed by atoms with Crippen molar-refractivity contribution in [3.05, 3.63) is 74.5 Å². The Morgan fingerprint density at radius 2 is 1.89 bits per heavy atom. The lowest BCUT2D eigenvalue weighted by atomic mass is 10.1. The Balaban J connectivity index is 1.45. The number of rotatable bonds is 8. The Hall–Kier alpha value is -3.78. The molecule has 38 heavy (non-hydrogen) atoms. The summed E-state index contributed by atoms with van der Waals surface area (Å²) in [6.07, 6.45) is -3.07. The summed E-state index contributed by atoms with van der Waals surface area (Å²) in [6.45, 7) is 1.52. The van der Waals surface area contributed by atoms with Gasteiger partial charge in [0.25, 0.3) is 0 Å². The third-order valence-corrected chi connectivity index (χ3v) is 6.66. The summed E-state index contributed by atoms with van der Waals surface area (Å²) in [5.41, 5.74) is 1.29. The van der Waals surface area contributed by atoms with Gasteiger partial charge in [0.05, 0.1) is 36.6 Å². The van der Waals surface area contributed by atoms with Crippen LogP contribution in [0, 0.1) is 5.82 Å². The number of Topliss-reactive ketones (excluding diaryl/α,β-unsaturated/α-hetero) is 1. The first-order valence-electron chi connectivity index (χ1n) is 10.8. The molecule has 4 aromatic rings. The number of esters is 1. The predicted molar refractivity (Wildman–Crippen MR) is 127 cm³/mol. The van der Waals surface area contributed by atoms with Crippen molar-refractivity contribution in [2.75, 3.05) is 0 Å². The number of alkyl halides is 3. The Kier molecular flexibility index (Phi) is 7.83. The van der Waals surface area contributed by atoms with Crippen LogP contribution in [0.5, 0.6) is 0 Å². The minimum absolute atomic E-state index is 0.00378. The molecule has 4 rings (SSSR count). The van der Waals surface area contributed by atoms with Crippen molar-refractivity contribution in [1.29, 1.82) is 0 Å². The van der Waals surface area contributed by atoms with Crippen LogP contribution in [0.3, 0.4) is 0 Å². The molecule has 4 aromatic heterocycles. The molecule has 0 saturated heterocycles. The average Bonchev–Trinajstić information content (AvgIpc) is 3.47. The number of halogens is 5. The minimum Gasteiger partial charge on any atom is -0.457 e. The molecule has 9 nitrogen and oxygen atoms in total. The maximum absolute atomic E-state index is 13.5. The largest absolute Gasteiger partial charge is 0.457 e. The fourth-order valence-electron chi connectivity index (χ4n) is 3.40. The van der Waals surface area contributed by atoms with Crippen LogP contribution in [-0.2, 0) is 35.6 Å². The van der Waals surface area contributed by atoms with E-state index in [0.29, 0.717) is 28.9 Å². The van der Waals surface area contributed by atoms with Gasteiger partial charge < -0.3 is 4.74 Å². The Labute approximate surface area is 221 Å². The molecule has 0 aliphatic rings. The summed E-state index contributed by atoms with van der Waals surface area (Å²) >= 11 is 6.38. The van der Waals surface area contributed by atoms with E-state index in [1.54, 1.807) is 7.05 Å². The first-order valence-corrected chi connectivity index (χ1v) is 12.0.